The minimum absolute atomic E-state index is 0.0735. The number of aliphatic imine (C=N–C) groups is 1. The van der Waals surface area contributed by atoms with E-state index in [0.717, 1.165) is 10.4 Å². The standard InChI is InChI=1S/C18H17ClN2O3S3/c19-13-5-3-12(4-6-13)9-21-15-10-27(23,24)11-16(15)26-18(21)20-17(22)8-14-2-1-7-25-14/h1-7,15-16H,8-11H2/t15-,16+/m0/s1. The molecule has 27 heavy (non-hydrogen) atoms. The Morgan fingerprint density at radius 1 is 1.22 bits per heavy atom. The lowest BCUT2D eigenvalue weighted by molar-refractivity contribution is -0.117. The van der Waals surface area contributed by atoms with Gasteiger partial charge in [-0.3, -0.25) is 4.79 Å². The third-order valence-electron chi connectivity index (χ3n) is 4.57. The molecule has 0 saturated carbocycles. The van der Waals surface area contributed by atoms with Crippen LogP contribution in [0.2, 0.25) is 5.02 Å². The molecule has 2 atom stereocenters. The van der Waals surface area contributed by atoms with Gasteiger partial charge in [0.25, 0.3) is 5.91 Å². The molecule has 0 bridgehead atoms. The van der Waals surface area contributed by atoms with Crippen LogP contribution in [0, 0.1) is 0 Å². The molecular weight excluding hydrogens is 424 g/mol. The fourth-order valence-electron chi connectivity index (χ4n) is 3.32. The molecule has 0 unspecified atom stereocenters. The highest BCUT2D eigenvalue weighted by atomic mass is 35.5. The van der Waals surface area contributed by atoms with Crippen LogP contribution in [0.4, 0.5) is 0 Å². The highest BCUT2D eigenvalue weighted by molar-refractivity contribution is 8.15. The van der Waals surface area contributed by atoms with E-state index in [1.54, 1.807) is 0 Å². The summed E-state index contributed by atoms with van der Waals surface area (Å²) in [5.41, 5.74) is 1.00. The summed E-state index contributed by atoms with van der Waals surface area (Å²) >= 11 is 8.89. The fraction of sp³-hybridized carbons (Fsp3) is 0.333. The van der Waals surface area contributed by atoms with Crippen molar-refractivity contribution < 1.29 is 13.2 Å². The summed E-state index contributed by atoms with van der Waals surface area (Å²) in [6.07, 6.45) is 0.268. The lowest BCUT2D eigenvalue weighted by Crippen LogP contribution is -2.37. The lowest BCUT2D eigenvalue weighted by atomic mass is 10.1. The molecule has 2 saturated heterocycles. The van der Waals surface area contributed by atoms with Crippen molar-refractivity contribution in [1.29, 1.82) is 0 Å². The molecule has 2 aromatic rings. The van der Waals surface area contributed by atoms with Gasteiger partial charge in [-0.25, -0.2) is 8.42 Å². The molecule has 2 aliphatic rings. The van der Waals surface area contributed by atoms with Gasteiger partial charge in [0.1, 0.15) is 0 Å². The fourth-order valence-corrected chi connectivity index (χ4v) is 8.11. The Labute approximate surface area is 171 Å². The number of thioether (sulfide) groups is 1. The quantitative estimate of drug-likeness (QED) is 0.730. The first kappa shape index (κ1) is 19.0. The van der Waals surface area contributed by atoms with Crippen LogP contribution in [0.25, 0.3) is 0 Å². The first-order chi connectivity index (χ1) is 12.9. The molecule has 2 fully saturated rings. The highest BCUT2D eigenvalue weighted by Gasteiger charge is 2.48. The molecule has 1 aromatic carbocycles. The maximum Gasteiger partial charge on any atom is 0.253 e. The van der Waals surface area contributed by atoms with Gasteiger partial charge in [0, 0.05) is 21.7 Å². The van der Waals surface area contributed by atoms with Gasteiger partial charge in [-0.2, -0.15) is 4.99 Å². The van der Waals surface area contributed by atoms with Crippen LogP contribution in [-0.4, -0.2) is 47.2 Å². The summed E-state index contributed by atoms with van der Waals surface area (Å²) in [5.74, 6) is 0.0393. The van der Waals surface area contributed by atoms with E-state index < -0.39 is 9.84 Å². The number of nitrogens with zero attached hydrogens (tertiary/aromatic N) is 2. The maximum absolute atomic E-state index is 12.4. The molecule has 3 heterocycles. The van der Waals surface area contributed by atoms with Crippen molar-refractivity contribution in [1.82, 2.24) is 4.90 Å². The number of fused-ring (bicyclic) bond motifs is 1. The van der Waals surface area contributed by atoms with Crippen molar-refractivity contribution in [2.75, 3.05) is 11.5 Å². The average Bonchev–Trinajstić information content (AvgIpc) is 3.27. The van der Waals surface area contributed by atoms with Gasteiger partial charge >= 0.3 is 0 Å². The van der Waals surface area contributed by atoms with Crippen molar-refractivity contribution in [3.63, 3.8) is 0 Å². The number of sulfone groups is 1. The third-order valence-corrected chi connectivity index (χ3v) is 8.94. The van der Waals surface area contributed by atoms with Crippen LogP contribution < -0.4 is 0 Å². The monoisotopic (exact) mass is 440 g/mol. The van der Waals surface area contributed by atoms with Crippen LogP contribution in [-0.2, 0) is 27.6 Å². The molecule has 0 N–H and O–H groups in total. The molecular formula is C18H17ClN2O3S3. The van der Waals surface area contributed by atoms with Gasteiger partial charge in [-0.15, -0.1) is 11.3 Å². The minimum atomic E-state index is -3.05. The molecule has 1 aromatic heterocycles. The van der Waals surface area contributed by atoms with Gasteiger partial charge in [0.15, 0.2) is 15.0 Å². The van der Waals surface area contributed by atoms with E-state index in [1.165, 1.54) is 23.1 Å². The third kappa shape index (κ3) is 4.39. The first-order valence-electron chi connectivity index (χ1n) is 8.42. The van der Waals surface area contributed by atoms with E-state index >= 15 is 0 Å². The smallest absolute Gasteiger partial charge is 0.253 e. The zero-order valence-electron chi connectivity index (χ0n) is 14.2. The average molecular weight is 441 g/mol. The van der Waals surface area contributed by atoms with E-state index in [1.807, 2.05) is 46.7 Å². The highest BCUT2D eigenvalue weighted by Crippen LogP contribution is 2.39. The van der Waals surface area contributed by atoms with Crippen LogP contribution in [0.5, 0.6) is 0 Å². The maximum atomic E-state index is 12.4. The number of benzene rings is 1. The molecule has 2 aliphatic heterocycles. The zero-order valence-corrected chi connectivity index (χ0v) is 17.5. The number of thiophene rings is 1. The van der Waals surface area contributed by atoms with Crippen molar-refractivity contribution in [2.45, 2.75) is 24.3 Å². The Balaban J connectivity index is 1.58. The summed E-state index contributed by atoms with van der Waals surface area (Å²) in [6.45, 7) is 0.506. The minimum Gasteiger partial charge on any atom is -0.342 e. The number of halogens is 1. The van der Waals surface area contributed by atoms with E-state index in [4.69, 9.17) is 11.6 Å². The van der Waals surface area contributed by atoms with Gasteiger partial charge in [0.05, 0.1) is 24.0 Å². The molecule has 9 heteroatoms. The lowest BCUT2D eigenvalue weighted by Gasteiger charge is -2.24. The summed E-state index contributed by atoms with van der Waals surface area (Å²) < 4.78 is 24.1. The van der Waals surface area contributed by atoms with Crippen molar-refractivity contribution >= 4 is 55.6 Å². The van der Waals surface area contributed by atoms with Crippen LogP contribution in [0.15, 0.2) is 46.8 Å². The Kier molecular flexibility index (Phi) is 5.33. The molecule has 0 radical (unpaired) electrons. The van der Waals surface area contributed by atoms with Crippen LogP contribution in [0.1, 0.15) is 10.4 Å². The second-order valence-electron chi connectivity index (χ2n) is 6.60. The summed E-state index contributed by atoms with van der Waals surface area (Å²) in [5, 5.41) is 3.13. The van der Waals surface area contributed by atoms with Gasteiger partial charge < -0.3 is 4.90 Å². The number of hydrogen-bond acceptors (Lipinski definition) is 5. The second-order valence-corrected chi connectivity index (χ2v) is 11.4. The van der Waals surface area contributed by atoms with Crippen molar-refractivity contribution in [3.8, 4) is 0 Å². The molecule has 4 rings (SSSR count). The SMILES string of the molecule is O=C(Cc1cccs1)N=C1S[C@@H]2CS(=O)(=O)C[C@@H]2N1Cc1ccc(Cl)cc1. The van der Waals surface area contributed by atoms with Crippen LogP contribution >= 0.6 is 34.7 Å². The van der Waals surface area contributed by atoms with Gasteiger partial charge in [-0.05, 0) is 29.1 Å². The molecule has 0 aliphatic carbocycles. The Morgan fingerprint density at radius 3 is 2.70 bits per heavy atom. The van der Waals surface area contributed by atoms with Crippen molar-refractivity contribution in [2.24, 2.45) is 4.99 Å². The first-order valence-corrected chi connectivity index (χ1v) is 12.4. The van der Waals surface area contributed by atoms with Crippen LogP contribution in [0.3, 0.4) is 0 Å². The number of carbonyl (C=O) groups excluding carboxylic acids is 1. The van der Waals surface area contributed by atoms with Crippen molar-refractivity contribution in [3.05, 3.63) is 57.2 Å². The number of hydrogen-bond donors (Lipinski definition) is 0. The number of carbonyl (C=O) groups is 1. The van der Waals surface area contributed by atoms with E-state index in [2.05, 4.69) is 4.99 Å². The predicted molar refractivity (Wildman–Crippen MR) is 111 cm³/mol. The topological polar surface area (TPSA) is 66.8 Å². The molecule has 142 valence electrons. The zero-order chi connectivity index (χ0) is 19.0. The predicted octanol–water partition coefficient (Wildman–Crippen LogP) is 3.24. The van der Waals surface area contributed by atoms with E-state index in [9.17, 15) is 13.2 Å². The molecule has 0 spiro atoms. The molecule has 5 nitrogen and oxygen atoms in total. The van der Waals surface area contributed by atoms with Gasteiger partial charge in [0.2, 0.25) is 0 Å². The Hall–Kier alpha value is -1.35. The summed E-state index contributed by atoms with van der Waals surface area (Å²) in [7, 11) is -3.05. The Morgan fingerprint density at radius 2 is 2.00 bits per heavy atom. The summed E-state index contributed by atoms with van der Waals surface area (Å²) in [6, 6.07) is 11.1. The van der Waals surface area contributed by atoms with E-state index in [0.29, 0.717) is 16.7 Å². The van der Waals surface area contributed by atoms with E-state index in [-0.39, 0.29) is 35.1 Å². The summed E-state index contributed by atoms with van der Waals surface area (Å²) in [4.78, 5) is 19.7. The number of amides is 1. The van der Waals surface area contributed by atoms with Gasteiger partial charge in [-0.1, -0.05) is 41.6 Å². The Bertz CT molecular complexity index is 972. The number of amidine groups is 1. The second kappa shape index (κ2) is 7.58. The normalized spacial score (nSPS) is 25.1. The molecule has 1 amide bonds. The number of rotatable bonds is 4. The largest absolute Gasteiger partial charge is 0.342 e.